The molecule has 0 radical (unpaired) electrons. The fourth-order valence-corrected chi connectivity index (χ4v) is 4.34. The monoisotopic (exact) mass is 488 g/mol. The Hall–Kier alpha value is -2.79. The zero-order valence-corrected chi connectivity index (χ0v) is 20.3. The van der Waals surface area contributed by atoms with Gasteiger partial charge in [-0.25, -0.2) is 13.1 Å². The highest BCUT2D eigenvalue weighted by atomic mass is 32.2. The summed E-state index contributed by atoms with van der Waals surface area (Å²) in [6.07, 6.45) is 1.15. The summed E-state index contributed by atoms with van der Waals surface area (Å²) in [6, 6.07) is 16.2. The van der Waals surface area contributed by atoms with Gasteiger partial charge in [0, 0.05) is 38.9 Å². The third-order valence-corrected chi connectivity index (χ3v) is 6.48. The maximum absolute atomic E-state index is 13.0. The quantitative estimate of drug-likeness (QED) is 0.434. The van der Waals surface area contributed by atoms with Crippen LogP contribution in [0.3, 0.4) is 0 Å². The van der Waals surface area contributed by atoms with E-state index in [9.17, 15) is 23.1 Å². The zero-order chi connectivity index (χ0) is 24.7. The number of aliphatic hydroxyl groups excluding tert-OH is 1. The second kappa shape index (κ2) is 11.6. The highest BCUT2D eigenvalue weighted by Gasteiger charge is 2.28. The number of hydrogen-bond donors (Lipinski definition) is 3. The molecule has 1 aliphatic heterocycles. The molecule has 1 saturated heterocycles. The van der Waals surface area contributed by atoms with Gasteiger partial charge in [-0.3, -0.25) is 14.5 Å². The Kier molecular flexibility index (Phi) is 8.78. The number of anilines is 1. The van der Waals surface area contributed by atoms with Crippen molar-refractivity contribution in [1.82, 2.24) is 14.5 Å². The number of benzene rings is 2. The van der Waals surface area contributed by atoms with E-state index in [4.69, 9.17) is 0 Å². The molecule has 0 spiro atoms. The Bertz CT molecular complexity index is 1080. The molecule has 2 atom stereocenters. The minimum absolute atomic E-state index is 0.158. The van der Waals surface area contributed by atoms with E-state index in [1.54, 1.807) is 36.2 Å². The van der Waals surface area contributed by atoms with Crippen molar-refractivity contribution in [2.45, 2.75) is 31.5 Å². The summed E-state index contributed by atoms with van der Waals surface area (Å²) in [5.74, 6) is -0.734. The van der Waals surface area contributed by atoms with E-state index in [0.29, 0.717) is 25.2 Å². The van der Waals surface area contributed by atoms with Crippen molar-refractivity contribution in [3.05, 3.63) is 65.7 Å². The van der Waals surface area contributed by atoms with Crippen LogP contribution >= 0.6 is 0 Å². The zero-order valence-electron chi connectivity index (χ0n) is 19.5. The van der Waals surface area contributed by atoms with E-state index < -0.39 is 15.9 Å². The van der Waals surface area contributed by atoms with Crippen molar-refractivity contribution in [3.63, 3.8) is 0 Å². The van der Waals surface area contributed by atoms with Crippen LogP contribution in [0.4, 0.5) is 5.69 Å². The average Bonchev–Trinajstić information content (AvgIpc) is 3.21. The third-order valence-electron chi connectivity index (χ3n) is 5.81. The van der Waals surface area contributed by atoms with E-state index in [2.05, 4.69) is 14.9 Å². The summed E-state index contributed by atoms with van der Waals surface area (Å²) < 4.78 is 24.8. The molecule has 0 saturated carbocycles. The summed E-state index contributed by atoms with van der Waals surface area (Å²) in [5.41, 5.74) is 2.24. The van der Waals surface area contributed by atoms with Gasteiger partial charge in [-0.15, -0.1) is 0 Å². The smallest absolute Gasteiger partial charge is 0.233 e. The fraction of sp³-hybridized carbons (Fsp3) is 0.417. The van der Waals surface area contributed by atoms with E-state index in [1.807, 2.05) is 30.3 Å². The van der Waals surface area contributed by atoms with E-state index >= 15 is 0 Å². The summed E-state index contributed by atoms with van der Waals surface area (Å²) in [7, 11) is -1.59. The molecule has 9 nitrogen and oxygen atoms in total. The van der Waals surface area contributed by atoms with Gasteiger partial charge in [-0.1, -0.05) is 42.5 Å². The molecule has 3 N–H and O–H groups in total. The predicted octanol–water partition coefficient (Wildman–Crippen LogP) is 1.33. The maximum atomic E-state index is 13.0. The number of carbonyl (C=O) groups is 2. The molecule has 1 aliphatic rings. The van der Waals surface area contributed by atoms with Crippen LogP contribution in [-0.2, 0) is 26.2 Å². The predicted molar refractivity (Wildman–Crippen MR) is 130 cm³/mol. The van der Waals surface area contributed by atoms with Gasteiger partial charge < -0.3 is 15.3 Å². The first-order chi connectivity index (χ1) is 16.1. The number of carbonyl (C=O) groups excluding carboxylic acids is 2. The first-order valence-electron chi connectivity index (χ1n) is 11.1. The molecule has 0 aliphatic carbocycles. The van der Waals surface area contributed by atoms with E-state index in [1.165, 1.54) is 0 Å². The van der Waals surface area contributed by atoms with Gasteiger partial charge in [-0.05, 0) is 29.7 Å². The molecule has 0 aromatic heterocycles. The van der Waals surface area contributed by atoms with Gasteiger partial charge in [0.05, 0.1) is 18.4 Å². The number of sulfonamides is 1. The summed E-state index contributed by atoms with van der Waals surface area (Å²) in [5, 5.41) is 12.6. The molecule has 2 aromatic rings. The Balaban J connectivity index is 1.59. The van der Waals surface area contributed by atoms with E-state index in [0.717, 1.165) is 23.9 Å². The van der Waals surface area contributed by atoms with Crippen molar-refractivity contribution in [1.29, 1.82) is 0 Å². The molecule has 34 heavy (non-hydrogen) atoms. The highest BCUT2D eigenvalue weighted by molar-refractivity contribution is 7.88. The van der Waals surface area contributed by atoms with Gasteiger partial charge in [0.15, 0.2) is 0 Å². The lowest BCUT2D eigenvalue weighted by atomic mass is 10.0. The molecule has 10 heteroatoms. The molecule has 1 heterocycles. The van der Waals surface area contributed by atoms with Crippen molar-refractivity contribution in [3.8, 4) is 0 Å². The second-order valence-electron chi connectivity index (χ2n) is 8.65. The summed E-state index contributed by atoms with van der Waals surface area (Å²) >= 11 is 0. The Morgan fingerprint density at radius 2 is 1.82 bits per heavy atom. The number of β-amino-alcohol motifs (C(OH)–C–C–N with tert-alkyl or cyclic N) is 1. The fourth-order valence-electron chi connectivity index (χ4n) is 3.91. The standard InChI is InChI=1S/C24H32N4O5S/c1-27(22(19-6-4-3-5-7-19)17-28-13-12-21(29)16-28)24(31)14-23(30)26-20-10-8-18(9-11-20)15-25-34(2,32)33/h3-11,21-22,25,29H,12-17H2,1-2H3,(H,26,30)/t21?,22-/m1/s1. The van der Waals surface area contributed by atoms with Crippen molar-refractivity contribution in [2.24, 2.45) is 0 Å². The summed E-state index contributed by atoms with van der Waals surface area (Å²) in [6.45, 7) is 2.07. The number of amides is 2. The summed E-state index contributed by atoms with van der Waals surface area (Å²) in [4.78, 5) is 29.2. The topological polar surface area (TPSA) is 119 Å². The van der Waals surface area contributed by atoms with E-state index in [-0.39, 0.29) is 31.0 Å². The Labute approximate surface area is 200 Å². The van der Waals surface area contributed by atoms with Gasteiger partial charge in [-0.2, -0.15) is 0 Å². The Morgan fingerprint density at radius 1 is 1.15 bits per heavy atom. The first-order valence-corrected chi connectivity index (χ1v) is 13.0. The first kappa shape index (κ1) is 25.8. The third kappa shape index (κ3) is 7.91. The molecule has 1 unspecified atom stereocenters. The Morgan fingerprint density at radius 3 is 2.41 bits per heavy atom. The molecule has 2 amide bonds. The minimum atomic E-state index is -3.29. The number of nitrogens with one attached hydrogen (secondary N) is 2. The van der Waals surface area contributed by atoms with Crippen LogP contribution in [0, 0.1) is 0 Å². The molecule has 184 valence electrons. The molecular formula is C24H32N4O5S. The number of hydrogen-bond acceptors (Lipinski definition) is 6. The lowest BCUT2D eigenvalue weighted by molar-refractivity contribution is -0.135. The number of nitrogens with zero attached hydrogens (tertiary/aromatic N) is 2. The molecule has 3 rings (SSSR count). The van der Waals surface area contributed by atoms with Crippen LogP contribution in [0.1, 0.15) is 30.0 Å². The molecular weight excluding hydrogens is 456 g/mol. The molecule has 0 bridgehead atoms. The lowest BCUT2D eigenvalue weighted by Crippen LogP contribution is -2.40. The van der Waals surface area contributed by atoms with Crippen molar-refractivity contribution >= 4 is 27.5 Å². The average molecular weight is 489 g/mol. The highest BCUT2D eigenvalue weighted by Crippen LogP contribution is 2.24. The van der Waals surface area contributed by atoms with Crippen LogP contribution in [0.15, 0.2) is 54.6 Å². The SMILES string of the molecule is CN(C(=O)CC(=O)Nc1ccc(CNS(C)(=O)=O)cc1)[C@H](CN1CCC(O)C1)c1ccccc1. The number of likely N-dealkylation sites (tertiary alicyclic amines) is 1. The van der Waals surface area contributed by atoms with Crippen LogP contribution in [-0.4, -0.2) is 74.2 Å². The molecule has 2 aromatic carbocycles. The van der Waals surface area contributed by atoms with Crippen LogP contribution in [0.2, 0.25) is 0 Å². The lowest BCUT2D eigenvalue weighted by Gasteiger charge is -2.32. The number of aliphatic hydroxyl groups is 1. The van der Waals surface area contributed by atoms with Gasteiger partial charge in [0.25, 0.3) is 0 Å². The van der Waals surface area contributed by atoms with Crippen LogP contribution in [0.25, 0.3) is 0 Å². The number of rotatable bonds is 10. The van der Waals surface area contributed by atoms with Gasteiger partial charge >= 0.3 is 0 Å². The maximum Gasteiger partial charge on any atom is 0.233 e. The van der Waals surface area contributed by atoms with Crippen LogP contribution in [0.5, 0.6) is 0 Å². The number of likely N-dealkylation sites (N-methyl/N-ethyl adjacent to an activating group) is 1. The van der Waals surface area contributed by atoms with Gasteiger partial charge in [0.1, 0.15) is 6.42 Å². The molecule has 1 fully saturated rings. The van der Waals surface area contributed by atoms with Crippen molar-refractivity contribution in [2.75, 3.05) is 38.3 Å². The van der Waals surface area contributed by atoms with Crippen LogP contribution < -0.4 is 10.0 Å². The normalized spacial score (nSPS) is 17.3. The second-order valence-corrected chi connectivity index (χ2v) is 10.5. The minimum Gasteiger partial charge on any atom is -0.392 e. The van der Waals surface area contributed by atoms with Crippen molar-refractivity contribution < 1.29 is 23.1 Å². The van der Waals surface area contributed by atoms with Gasteiger partial charge in [0.2, 0.25) is 21.8 Å². The largest absolute Gasteiger partial charge is 0.392 e.